The second kappa shape index (κ2) is 14.2. The van der Waals surface area contributed by atoms with E-state index < -0.39 is 11.7 Å². The molecule has 2 saturated heterocycles. The summed E-state index contributed by atoms with van der Waals surface area (Å²) in [4.78, 5) is 31.7. The molecule has 1 spiro atoms. The van der Waals surface area contributed by atoms with Gasteiger partial charge in [-0.3, -0.25) is 19.6 Å². The van der Waals surface area contributed by atoms with Gasteiger partial charge in [0.25, 0.3) is 5.91 Å². The lowest BCUT2D eigenvalue weighted by atomic mass is 9.89. The number of carbonyl (C=O) groups is 1. The number of nitrogens with one attached hydrogen (secondary N) is 3. The molecule has 2 fully saturated rings. The number of carbonyl (C=O) groups excluding carboxylic acids is 1. The van der Waals surface area contributed by atoms with Crippen LogP contribution in [0.2, 0.25) is 0 Å². The maximum Gasteiger partial charge on any atom is 0.305 e. The first-order chi connectivity index (χ1) is 23.7. The van der Waals surface area contributed by atoms with E-state index in [2.05, 4.69) is 25.4 Å². The van der Waals surface area contributed by atoms with Crippen LogP contribution >= 0.6 is 11.3 Å². The predicted molar refractivity (Wildman–Crippen MR) is 185 cm³/mol. The van der Waals surface area contributed by atoms with Crippen molar-refractivity contribution in [1.82, 2.24) is 30.3 Å². The molecule has 5 N–H and O–H groups in total. The lowest BCUT2D eigenvalue weighted by Gasteiger charge is -2.47. The van der Waals surface area contributed by atoms with Gasteiger partial charge in [0.15, 0.2) is 0 Å². The monoisotopic (exact) mass is 686 g/mol. The Morgan fingerprint density at radius 2 is 1.88 bits per heavy atom. The molecule has 3 aromatic carbocycles. The van der Waals surface area contributed by atoms with Crippen molar-refractivity contribution < 1.29 is 24.1 Å². The molecule has 2 aliphatic heterocycles. The van der Waals surface area contributed by atoms with Gasteiger partial charge >= 0.3 is 4.87 Å². The Bertz CT molecular complexity index is 1990. The molecule has 7 rings (SSSR count). The first-order valence-electron chi connectivity index (χ1n) is 16.5. The maximum atomic E-state index is 14.7. The number of fused-ring (bicyclic) bond motifs is 1. The summed E-state index contributed by atoms with van der Waals surface area (Å²) >= 11 is 0.951. The number of likely N-dealkylation sites (tertiary alicyclic amines) is 1. The molecular formula is C36H39FN6O5S. The Hall–Kier alpha value is -4.40. The molecule has 2 aliphatic rings. The highest BCUT2D eigenvalue weighted by Crippen LogP contribution is 2.33. The zero-order valence-electron chi connectivity index (χ0n) is 27.0. The Morgan fingerprint density at radius 1 is 1.08 bits per heavy atom. The number of benzene rings is 3. The number of rotatable bonds is 10. The van der Waals surface area contributed by atoms with Crippen molar-refractivity contribution in [2.75, 3.05) is 45.9 Å². The largest absolute Gasteiger partial charge is 0.506 e. The van der Waals surface area contributed by atoms with Crippen LogP contribution in [0.4, 0.5) is 4.39 Å². The first kappa shape index (κ1) is 33.1. The Morgan fingerprint density at radius 3 is 2.69 bits per heavy atom. The van der Waals surface area contributed by atoms with Gasteiger partial charge in [-0.25, -0.2) is 4.39 Å². The van der Waals surface area contributed by atoms with E-state index in [1.54, 1.807) is 18.2 Å². The van der Waals surface area contributed by atoms with Crippen LogP contribution in [0.15, 0.2) is 71.5 Å². The normalized spacial score (nSPS) is 17.1. The van der Waals surface area contributed by atoms with Crippen LogP contribution < -0.4 is 10.2 Å². The second-order valence-electron chi connectivity index (χ2n) is 12.9. The number of hydrogen-bond acceptors (Lipinski definition) is 9. The molecule has 1 atom stereocenters. The Kier molecular flexibility index (Phi) is 9.61. The number of piperidine rings is 1. The summed E-state index contributed by atoms with van der Waals surface area (Å²) in [5.41, 5.74) is 4.41. The fourth-order valence-corrected chi connectivity index (χ4v) is 7.81. The average Bonchev–Trinajstić information content (AvgIpc) is 3.76. The minimum absolute atomic E-state index is 0.0343. The molecule has 11 nitrogen and oxygen atoms in total. The van der Waals surface area contributed by atoms with E-state index in [-0.39, 0.29) is 28.9 Å². The van der Waals surface area contributed by atoms with Crippen LogP contribution in [-0.4, -0.2) is 92.6 Å². The zero-order chi connectivity index (χ0) is 34.0. The second-order valence-corrected chi connectivity index (χ2v) is 13.9. The van der Waals surface area contributed by atoms with E-state index in [4.69, 9.17) is 4.74 Å². The van der Waals surface area contributed by atoms with Crippen LogP contribution in [0.5, 0.6) is 5.75 Å². The third-order valence-corrected chi connectivity index (χ3v) is 10.4. The number of halogens is 1. The summed E-state index contributed by atoms with van der Waals surface area (Å²) in [5.74, 6) is -0.394. The third kappa shape index (κ3) is 7.46. The van der Waals surface area contributed by atoms with Crippen LogP contribution in [0.3, 0.4) is 0 Å². The van der Waals surface area contributed by atoms with E-state index in [0.29, 0.717) is 60.7 Å². The minimum atomic E-state index is -0.878. The van der Waals surface area contributed by atoms with Crippen LogP contribution in [0, 0.1) is 5.82 Å². The van der Waals surface area contributed by atoms with Crippen LogP contribution in [-0.2, 0) is 17.7 Å². The number of amides is 1. The van der Waals surface area contributed by atoms with Gasteiger partial charge in [0, 0.05) is 43.9 Å². The highest BCUT2D eigenvalue weighted by molar-refractivity contribution is 7.16. The number of aliphatic hydroxyl groups is 1. The number of aromatic amines is 2. The van der Waals surface area contributed by atoms with Crippen molar-refractivity contribution in [3.63, 3.8) is 0 Å². The van der Waals surface area contributed by atoms with Gasteiger partial charge in [0.2, 0.25) is 0 Å². The standard InChI is InChI=1S/C36H39FN6O5S/c37-26-17-23(8-11-38-20-31(45)27-6-7-30(44)32-33(27)49-35(47)39-32)16-24(18-26)21-42-12-9-36(10-13-42)22-43(14-15-48-36)34(46)29-19-28(40-41-29)25-4-2-1-3-5-25/h1-7,16-19,31,38,44-45H,8-15,20-22H2,(H,39,47)(H,40,41)/t31-/m0/s1. The summed E-state index contributed by atoms with van der Waals surface area (Å²) in [6.07, 6.45) is 1.24. The van der Waals surface area contributed by atoms with Gasteiger partial charge in [-0.1, -0.05) is 53.8 Å². The average molecular weight is 687 g/mol. The molecule has 0 bridgehead atoms. The number of thiazole rings is 1. The summed E-state index contributed by atoms with van der Waals surface area (Å²) in [6.45, 7) is 4.46. The molecule has 1 amide bonds. The summed E-state index contributed by atoms with van der Waals surface area (Å²) in [6, 6.07) is 19.8. The Balaban J connectivity index is 0.898. The fourth-order valence-electron chi connectivity index (χ4n) is 6.89. The Labute approximate surface area is 286 Å². The topological polar surface area (TPSA) is 147 Å². The van der Waals surface area contributed by atoms with Crippen molar-refractivity contribution in [3.8, 4) is 17.0 Å². The number of phenolic OH excluding ortho intramolecular Hbond substituents is 1. The summed E-state index contributed by atoms with van der Waals surface area (Å²) in [7, 11) is 0. The van der Waals surface area contributed by atoms with E-state index in [9.17, 15) is 24.2 Å². The highest BCUT2D eigenvalue weighted by atomic mass is 32.1. The van der Waals surface area contributed by atoms with Crippen molar-refractivity contribution >= 4 is 27.5 Å². The SMILES string of the molecule is O=C(c1cc(-c2ccccc2)n[nH]1)N1CCOC2(CCN(Cc3cc(F)cc(CCNC[C@H](O)c4ccc(O)c5[nH]c(=O)sc45)c3)CC2)C1. The maximum absolute atomic E-state index is 14.7. The molecule has 0 aliphatic carbocycles. The molecule has 5 aromatic rings. The molecule has 256 valence electrons. The third-order valence-electron chi connectivity index (χ3n) is 9.48. The fraction of sp³-hybridized carbons (Fsp3) is 0.361. The summed E-state index contributed by atoms with van der Waals surface area (Å²) < 4.78 is 21.5. The predicted octanol–water partition coefficient (Wildman–Crippen LogP) is 4.20. The first-order valence-corrected chi connectivity index (χ1v) is 17.4. The lowest BCUT2D eigenvalue weighted by Crippen LogP contribution is -2.58. The van der Waals surface area contributed by atoms with E-state index >= 15 is 0 Å². The number of H-pyrrole nitrogens is 2. The van der Waals surface area contributed by atoms with Gasteiger partial charge in [-0.05, 0) is 61.2 Å². The smallest absolute Gasteiger partial charge is 0.305 e. The molecule has 2 aromatic heterocycles. The van der Waals surface area contributed by atoms with Crippen molar-refractivity contribution in [2.24, 2.45) is 0 Å². The van der Waals surface area contributed by atoms with E-state index in [0.717, 1.165) is 59.7 Å². The number of nitrogens with zero attached hydrogens (tertiary/aromatic N) is 3. The van der Waals surface area contributed by atoms with Gasteiger partial charge in [0.1, 0.15) is 22.8 Å². The number of aromatic nitrogens is 3. The summed E-state index contributed by atoms with van der Waals surface area (Å²) in [5, 5.41) is 31.3. The van der Waals surface area contributed by atoms with Crippen molar-refractivity contribution in [2.45, 2.75) is 37.5 Å². The number of aliphatic hydroxyl groups excluding tert-OH is 1. The quantitative estimate of drug-likeness (QED) is 0.138. The molecule has 4 heterocycles. The minimum Gasteiger partial charge on any atom is -0.506 e. The zero-order valence-corrected chi connectivity index (χ0v) is 27.8. The van der Waals surface area contributed by atoms with Crippen LogP contribution in [0.25, 0.3) is 21.5 Å². The van der Waals surface area contributed by atoms with Gasteiger partial charge in [0.05, 0.1) is 35.3 Å². The highest BCUT2D eigenvalue weighted by Gasteiger charge is 2.41. The number of aromatic hydroxyl groups is 1. The number of phenols is 1. The molecule has 0 unspecified atom stereocenters. The molecule has 13 heteroatoms. The number of ether oxygens (including phenoxy) is 1. The van der Waals surface area contributed by atoms with E-state index in [1.807, 2.05) is 41.3 Å². The number of hydrogen-bond donors (Lipinski definition) is 5. The van der Waals surface area contributed by atoms with E-state index in [1.165, 1.54) is 12.1 Å². The van der Waals surface area contributed by atoms with Gasteiger partial charge in [-0.15, -0.1) is 0 Å². The molecule has 0 saturated carbocycles. The van der Waals surface area contributed by atoms with Crippen molar-refractivity contribution in [3.05, 3.63) is 105 Å². The molecule has 49 heavy (non-hydrogen) atoms. The van der Waals surface area contributed by atoms with Crippen molar-refractivity contribution in [1.29, 1.82) is 0 Å². The molecule has 0 radical (unpaired) electrons. The number of morpholine rings is 1. The lowest BCUT2D eigenvalue weighted by molar-refractivity contribution is -0.128. The van der Waals surface area contributed by atoms with Gasteiger partial charge in [-0.2, -0.15) is 5.10 Å². The van der Waals surface area contributed by atoms with Crippen LogP contribution in [0.1, 0.15) is 46.1 Å². The van der Waals surface area contributed by atoms with Gasteiger partial charge < -0.3 is 30.2 Å². The molecular weight excluding hydrogens is 647 g/mol.